The van der Waals surface area contributed by atoms with Crippen molar-refractivity contribution < 1.29 is 27.0 Å². The number of nitrogens with zero attached hydrogens (tertiary/aromatic N) is 2. The molecule has 3 rings (SSSR count). The third-order valence-corrected chi connectivity index (χ3v) is 4.12. The van der Waals surface area contributed by atoms with Crippen LogP contribution in [0.2, 0.25) is 0 Å². The maximum absolute atomic E-state index is 14.0. The fourth-order valence-electron chi connectivity index (χ4n) is 2.72. The molecule has 2 aromatic rings. The smallest absolute Gasteiger partial charge is 0.416 e. The minimum absolute atomic E-state index is 0.00684. The number of rotatable bonds is 4. The van der Waals surface area contributed by atoms with E-state index in [-0.39, 0.29) is 18.1 Å². The number of hydrogen-bond acceptors (Lipinski definition) is 4. The predicted octanol–water partition coefficient (Wildman–Crippen LogP) is 4.88. The minimum atomic E-state index is -4.41. The van der Waals surface area contributed by atoms with Gasteiger partial charge in [-0.1, -0.05) is 12.2 Å². The molecule has 1 aliphatic rings. The maximum atomic E-state index is 14.0. The molecule has 27 heavy (non-hydrogen) atoms. The van der Waals surface area contributed by atoms with Gasteiger partial charge in [0.25, 0.3) is 0 Å². The predicted molar refractivity (Wildman–Crippen MR) is 90.9 cm³/mol. The monoisotopic (exact) mass is 380 g/mol. The van der Waals surface area contributed by atoms with Crippen molar-refractivity contribution in [2.45, 2.75) is 25.1 Å². The Kier molecular flexibility index (Phi) is 4.91. The first-order valence-corrected chi connectivity index (χ1v) is 8.02. The highest BCUT2D eigenvalue weighted by atomic mass is 19.4. The molecule has 0 radical (unpaired) electrons. The second-order valence-corrected chi connectivity index (χ2v) is 6.17. The quantitative estimate of drug-likeness (QED) is 0.710. The molecule has 0 amide bonds. The van der Waals surface area contributed by atoms with Crippen LogP contribution in [0.3, 0.4) is 0 Å². The van der Waals surface area contributed by atoms with Gasteiger partial charge >= 0.3 is 6.18 Å². The summed E-state index contributed by atoms with van der Waals surface area (Å²) in [5.41, 5.74) is -1.01. The Morgan fingerprint density at radius 2 is 1.96 bits per heavy atom. The molecule has 1 aliphatic carbocycles. The minimum Gasteiger partial charge on any atom is -0.493 e. The normalized spacial score (nSPS) is 19.6. The molecule has 0 N–H and O–H groups in total. The third-order valence-electron chi connectivity index (χ3n) is 4.12. The molecular weight excluding hydrogens is 364 g/mol. The summed E-state index contributed by atoms with van der Waals surface area (Å²) in [6, 6.07) is 3.28. The molecule has 1 unspecified atom stereocenters. The largest absolute Gasteiger partial charge is 0.493 e. The van der Waals surface area contributed by atoms with Crippen molar-refractivity contribution in [1.82, 2.24) is 9.97 Å². The zero-order chi connectivity index (χ0) is 19.7. The average Bonchev–Trinajstić information content (AvgIpc) is 2.61. The molecule has 0 saturated carbocycles. The van der Waals surface area contributed by atoms with Gasteiger partial charge < -0.3 is 9.47 Å². The molecule has 4 nitrogen and oxygen atoms in total. The zero-order valence-corrected chi connectivity index (χ0v) is 14.5. The highest BCUT2D eigenvalue weighted by Crippen LogP contribution is 2.39. The first-order valence-electron chi connectivity index (χ1n) is 8.02. The highest BCUT2D eigenvalue weighted by Gasteiger charge is 2.36. The van der Waals surface area contributed by atoms with Crippen LogP contribution in [0.1, 0.15) is 13.3 Å². The lowest BCUT2D eigenvalue weighted by atomic mass is 9.93. The molecule has 8 heteroatoms. The number of halogens is 4. The van der Waals surface area contributed by atoms with E-state index in [4.69, 9.17) is 9.47 Å². The van der Waals surface area contributed by atoms with E-state index in [2.05, 4.69) is 9.97 Å². The Hall–Kier alpha value is -2.90. The molecule has 0 bridgehead atoms. The molecule has 2 heterocycles. The van der Waals surface area contributed by atoms with E-state index in [9.17, 15) is 17.6 Å². The lowest BCUT2D eigenvalue weighted by molar-refractivity contribution is -0.0891. The lowest BCUT2D eigenvalue weighted by Gasteiger charge is -2.30. The fourth-order valence-corrected chi connectivity index (χ4v) is 2.72. The van der Waals surface area contributed by atoms with Crippen LogP contribution in [0.25, 0.3) is 11.1 Å². The van der Waals surface area contributed by atoms with E-state index in [0.717, 1.165) is 18.3 Å². The number of aromatic nitrogens is 2. The van der Waals surface area contributed by atoms with Crippen molar-refractivity contribution >= 4 is 0 Å². The number of methoxy groups -OCH3 is 1. The Morgan fingerprint density at radius 3 is 2.59 bits per heavy atom. The van der Waals surface area contributed by atoms with E-state index in [1.165, 1.54) is 25.6 Å². The molecule has 0 aliphatic heterocycles. The molecular formula is C19H16F4N2O2. The molecule has 0 saturated heterocycles. The van der Waals surface area contributed by atoms with Crippen LogP contribution in [0.5, 0.6) is 11.6 Å². The third kappa shape index (κ3) is 3.94. The Bertz CT molecular complexity index is 909. The Morgan fingerprint density at radius 1 is 1.19 bits per heavy atom. The number of hydrogen-bond donors (Lipinski definition) is 0. The van der Waals surface area contributed by atoms with Crippen LogP contribution in [0, 0.1) is 5.82 Å². The van der Waals surface area contributed by atoms with Crippen LogP contribution < -0.4 is 9.47 Å². The van der Waals surface area contributed by atoms with Gasteiger partial charge in [-0.25, -0.2) is 9.37 Å². The SMILES string of the molecule is COc1c(F)cncc1-c1cccnc1OC1(C)C=CC(C(F)(F)F)=CC1. The first kappa shape index (κ1) is 18.9. The average molecular weight is 380 g/mol. The van der Waals surface area contributed by atoms with Crippen molar-refractivity contribution in [2.24, 2.45) is 0 Å². The van der Waals surface area contributed by atoms with Gasteiger partial charge in [-0.3, -0.25) is 4.98 Å². The number of pyridine rings is 2. The van der Waals surface area contributed by atoms with E-state index in [1.54, 1.807) is 19.1 Å². The molecule has 0 fully saturated rings. The van der Waals surface area contributed by atoms with Crippen molar-refractivity contribution in [2.75, 3.05) is 7.11 Å². The van der Waals surface area contributed by atoms with Gasteiger partial charge in [0.2, 0.25) is 5.88 Å². The van der Waals surface area contributed by atoms with Crippen LogP contribution >= 0.6 is 0 Å². The summed E-state index contributed by atoms with van der Waals surface area (Å²) in [5, 5.41) is 0. The summed E-state index contributed by atoms with van der Waals surface area (Å²) in [6.07, 6.45) is 2.91. The van der Waals surface area contributed by atoms with Crippen molar-refractivity contribution in [1.29, 1.82) is 0 Å². The second-order valence-electron chi connectivity index (χ2n) is 6.17. The van der Waals surface area contributed by atoms with Crippen molar-refractivity contribution in [3.8, 4) is 22.8 Å². The topological polar surface area (TPSA) is 44.2 Å². The number of alkyl halides is 3. The van der Waals surface area contributed by atoms with E-state index >= 15 is 0 Å². The maximum Gasteiger partial charge on any atom is 0.416 e. The summed E-state index contributed by atoms with van der Waals surface area (Å²) < 4.78 is 63.4. The van der Waals surface area contributed by atoms with Gasteiger partial charge in [-0.2, -0.15) is 13.2 Å². The van der Waals surface area contributed by atoms with Gasteiger partial charge in [0.05, 0.1) is 24.4 Å². The molecule has 0 spiro atoms. The second kappa shape index (κ2) is 7.02. The summed E-state index contributed by atoms with van der Waals surface area (Å²) in [7, 11) is 1.33. The summed E-state index contributed by atoms with van der Waals surface area (Å²) in [5.74, 6) is -0.531. The molecule has 0 aromatic carbocycles. The molecule has 142 valence electrons. The Labute approximate surface area is 153 Å². The van der Waals surface area contributed by atoms with Gasteiger partial charge in [-0.15, -0.1) is 0 Å². The molecule has 1 atom stereocenters. The summed E-state index contributed by atoms with van der Waals surface area (Å²) in [6.45, 7) is 1.65. The standard InChI is InChI=1S/C19H16F4N2O2/c1-18(7-5-12(6-8-18)19(21,22)23)27-17-13(4-3-9-25-17)14-10-24-11-15(20)16(14)26-2/h3-7,9-11H,8H2,1-2H3. The zero-order valence-electron chi connectivity index (χ0n) is 14.5. The lowest BCUT2D eigenvalue weighted by Crippen LogP contribution is -2.32. The van der Waals surface area contributed by atoms with E-state index < -0.39 is 23.2 Å². The Balaban J connectivity index is 1.94. The van der Waals surface area contributed by atoms with Crippen LogP contribution in [-0.4, -0.2) is 28.9 Å². The van der Waals surface area contributed by atoms with E-state index in [1.807, 2.05) is 0 Å². The van der Waals surface area contributed by atoms with Gasteiger partial charge in [-0.05, 0) is 25.1 Å². The van der Waals surface area contributed by atoms with Crippen LogP contribution in [0.4, 0.5) is 17.6 Å². The van der Waals surface area contributed by atoms with Crippen LogP contribution in [0.15, 0.2) is 54.5 Å². The van der Waals surface area contributed by atoms with Crippen molar-refractivity contribution in [3.63, 3.8) is 0 Å². The fraction of sp³-hybridized carbons (Fsp3) is 0.263. The first-order chi connectivity index (χ1) is 12.7. The number of ether oxygens (including phenoxy) is 2. The van der Waals surface area contributed by atoms with Crippen molar-refractivity contribution in [3.05, 3.63) is 60.3 Å². The molecule has 2 aromatic heterocycles. The summed E-state index contributed by atoms with van der Waals surface area (Å²) >= 11 is 0. The highest BCUT2D eigenvalue weighted by molar-refractivity contribution is 5.73. The van der Waals surface area contributed by atoms with Gasteiger partial charge in [0.15, 0.2) is 11.6 Å². The van der Waals surface area contributed by atoms with Gasteiger partial charge in [0.1, 0.15) is 5.60 Å². The summed E-state index contributed by atoms with van der Waals surface area (Å²) in [4.78, 5) is 7.99. The van der Waals surface area contributed by atoms with Gasteiger partial charge in [0, 0.05) is 24.4 Å². The number of allylic oxidation sites excluding steroid dienone is 2. The van der Waals surface area contributed by atoms with Crippen LogP contribution in [-0.2, 0) is 0 Å². The van der Waals surface area contributed by atoms with E-state index in [0.29, 0.717) is 11.1 Å².